The van der Waals surface area contributed by atoms with Crippen molar-refractivity contribution in [3.8, 4) is 17.6 Å². The molecule has 128 valence electrons. The molecular formula is C21H26O2S. The summed E-state index contributed by atoms with van der Waals surface area (Å²) in [7, 11) is 0. The van der Waals surface area contributed by atoms with Crippen LogP contribution in [0.5, 0.6) is 5.75 Å². The molecule has 3 aliphatic rings. The Bertz CT molecular complexity index is 718. The highest BCUT2D eigenvalue weighted by atomic mass is 32.1. The smallest absolute Gasteiger partial charge is 0.131 e. The van der Waals surface area contributed by atoms with Gasteiger partial charge in [0, 0.05) is 5.41 Å². The van der Waals surface area contributed by atoms with Gasteiger partial charge in [0.05, 0.1) is 5.75 Å². The molecule has 0 aromatic heterocycles. The van der Waals surface area contributed by atoms with Crippen LogP contribution in [0.4, 0.5) is 0 Å². The number of hydrogen-bond acceptors (Lipinski definition) is 3. The molecule has 2 N–H and O–H groups in total. The second kappa shape index (κ2) is 5.71. The van der Waals surface area contributed by atoms with Crippen LogP contribution in [-0.4, -0.2) is 21.6 Å². The van der Waals surface area contributed by atoms with Crippen LogP contribution in [0.1, 0.15) is 56.1 Å². The van der Waals surface area contributed by atoms with E-state index in [9.17, 15) is 10.2 Å². The first-order chi connectivity index (χ1) is 11.5. The molecule has 1 aromatic carbocycles. The lowest BCUT2D eigenvalue weighted by molar-refractivity contribution is -0.0648. The highest BCUT2D eigenvalue weighted by Gasteiger charge is 2.61. The highest BCUT2D eigenvalue weighted by Crippen LogP contribution is 2.64. The summed E-state index contributed by atoms with van der Waals surface area (Å²) < 4.78 is 0. The van der Waals surface area contributed by atoms with Crippen LogP contribution in [0.25, 0.3) is 0 Å². The maximum absolute atomic E-state index is 11.3. The second-order valence-electron chi connectivity index (χ2n) is 8.11. The molecule has 24 heavy (non-hydrogen) atoms. The van der Waals surface area contributed by atoms with Gasteiger partial charge < -0.3 is 10.2 Å². The predicted molar refractivity (Wildman–Crippen MR) is 99.3 cm³/mol. The molecule has 0 amide bonds. The van der Waals surface area contributed by atoms with Gasteiger partial charge in [0.2, 0.25) is 0 Å². The summed E-state index contributed by atoms with van der Waals surface area (Å²) >= 11 is 4.19. The van der Waals surface area contributed by atoms with E-state index in [1.807, 2.05) is 12.1 Å². The fraction of sp³-hybridized carbons (Fsp3) is 0.619. The molecule has 2 nitrogen and oxygen atoms in total. The van der Waals surface area contributed by atoms with Gasteiger partial charge in [0.15, 0.2) is 0 Å². The van der Waals surface area contributed by atoms with Crippen LogP contribution in [0.15, 0.2) is 18.2 Å². The molecule has 0 saturated heterocycles. The van der Waals surface area contributed by atoms with Gasteiger partial charge >= 0.3 is 0 Å². The molecule has 2 fully saturated rings. The average molecular weight is 343 g/mol. The second-order valence-corrected chi connectivity index (χ2v) is 8.43. The minimum atomic E-state index is -0.847. The molecule has 3 aliphatic carbocycles. The number of phenols is 1. The van der Waals surface area contributed by atoms with E-state index in [0.717, 1.165) is 38.5 Å². The lowest BCUT2D eigenvalue weighted by atomic mass is 9.53. The molecular weight excluding hydrogens is 316 g/mol. The number of phenolic OH excluding ortho intramolecular Hbond substituents is 1. The Morgan fingerprint density at radius 2 is 2.08 bits per heavy atom. The minimum Gasteiger partial charge on any atom is -0.508 e. The Balaban J connectivity index is 1.68. The fourth-order valence-corrected chi connectivity index (χ4v) is 6.05. The van der Waals surface area contributed by atoms with E-state index >= 15 is 0 Å². The Labute approximate surface area is 150 Å². The molecule has 3 heteroatoms. The first-order valence-electron chi connectivity index (χ1n) is 9.13. The third kappa shape index (κ3) is 2.23. The summed E-state index contributed by atoms with van der Waals surface area (Å²) in [6, 6.07) is 5.91. The van der Waals surface area contributed by atoms with Gasteiger partial charge in [-0.15, -0.1) is 0 Å². The topological polar surface area (TPSA) is 40.5 Å². The Morgan fingerprint density at radius 1 is 1.25 bits per heavy atom. The zero-order valence-electron chi connectivity index (χ0n) is 14.3. The van der Waals surface area contributed by atoms with Crippen molar-refractivity contribution in [2.45, 2.75) is 57.0 Å². The van der Waals surface area contributed by atoms with Gasteiger partial charge in [-0.05, 0) is 79.5 Å². The maximum Gasteiger partial charge on any atom is 0.131 e. The van der Waals surface area contributed by atoms with E-state index in [1.165, 1.54) is 11.1 Å². The number of hydrogen-bond donors (Lipinski definition) is 3. The number of fused-ring (bicyclic) bond motifs is 5. The fourth-order valence-electron chi connectivity index (χ4n) is 5.98. The van der Waals surface area contributed by atoms with Crippen molar-refractivity contribution in [2.24, 2.45) is 17.3 Å². The van der Waals surface area contributed by atoms with Gasteiger partial charge in [0.25, 0.3) is 0 Å². The molecule has 4 rings (SSSR count). The van der Waals surface area contributed by atoms with Crippen LogP contribution >= 0.6 is 12.6 Å². The van der Waals surface area contributed by atoms with E-state index in [0.29, 0.717) is 29.3 Å². The maximum atomic E-state index is 11.3. The summed E-state index contributed by atoms with van der Waals surface area (Å²) in [5.74, 6) is 8.82. The molecule has 5 atom stereocenters. The Kier molecular flexibility index (Phi) is 3.90. The van der Waals surface area contributed by atoms with Crippen LogP contribution < -0.4 is 0 Å². The Hall–Kier alpha value is -1.11. The van der Waals surface area contributed by atoms with Crippen LogP contribution in [-0.2, 0) is 6.42 Å². The van der Waals surface area contributed by atoms with E-state index in [4.69, 9.17) is 0 Å². The van der Waals surface area contributed by atoms with Crippen molar-refractivity contribution < 1.29 is 10.2 Å². The predicted octanol–water partition coefficient (Wildman–Crippen LogP) is 3.91. The van der Waals surface area contributed by atoms with E-state index in [-0.39, 0.29) is 5.41 Å². The molecule has 2 saturated carbocycles. The molecule has 0 unspecified atom stereocenters. The third-order valence-corrected chi connectivity index (χ3v) is 7.39. The molecule has 0 spiro atoms. The van der Waals surface area contributed by atoms with Crippen molar-refractivity contribution >= 4 is 12.6 Å². The monoisotopic (exact) mass is 342 g/mol. The first kappa shape index (κ1) is 16.4. The zero-order valence-corrected chi connectivity index (χ0v) is 15.1. The number of rotatable bonds is 0. The molecule has 0 radical (unpaired) electrons. The lowest BCUT2D eigenvalue weighted by Crippen LogP contribution is -2.50. The first-order valence-corrected chi connectivity index (χ1v) is 9.77. The number of aliphatic hydroxyl groups is 1. The normalized spacial score (nSPS) is 40.0. The van der Waals surface area contributed by atoms with E-state index in [1.54, 1.807) is 0 Å². The molecule has 0 aliphatic heterocycles. The van der Waals surface area contributed by atoms with Gasteiger partial charge in [-0.2, -0.15) is 12.6 Å². The highest BCUT2D eigenvalue weighted by molar-refractivity contribution is 7.80. The number of aromatic hydroxyl groups is 1. The van der Waals surface area contributed by atoms with Crippen LogP contribution in [0, 0.1) is 29.1 Å². The van der Waals surface area contributed by atoms with Crippen molar-refractivity contribution in [2.75, 3.05) is 5.75 Å². The largest absolute Gasteiger partial charge is 0.508 e. The van der Waals surface area contributed by atoms with Crippen LogP contribution in [0.3, 0.4) is 0 Å². The standard InChI is InChI=1S/C21H26O2S/c1-20-10-7-17-16-6-4-15(22)13-14(16)3-5-18(17)19(20)8-11-21(20,23)9-2-12-24/h4,6,13,17-19,22-24H,3,5,7-8,10-12H2,1H3/t17-,18-,19+,20+,21+/m1/s1. The van der Waals surface area contributed by atoms with Gasteiger partial charge in [-0.25, -0.2) is 0 Å². The summed E-state index contributed by atoms with van der Waals surface area (Å²) in [4.78, 5) is 0. The minimum absolute atomic E-state index is 0.0987. The van der Waals surface area contributed by atoms with Crippen molar-refractivity contribution in [1.82, 2.24) is 0 Å². The SMILES string of the molecule is C[C@]12CC[C@@H]3c4ccc(O)cc4CC[C@H]3[C@@H]1CC[C@@]2(O)C#CCS. The molecule has 1 aromatic rings. The van der Waals surface area contributed by atoms with Gasteiger partial charge in [-0.1, -0.05) is 24.8 Å². The quantitative estimate of drug-likeness (QED) is 0.494. The van der Waals surface area contributed by atoms with Crippen molar-refractivity contribution in [3.05, 3.63) is 29.3 Å². The third-order valence-electron chi connectivity index (χ3n) is 7.24. The van der Waals surface area contributed by atoms with E-state index < -0.39 is 5.60 Å². The Morgan fingerprint density at radius 3 is 2.88 bits per heavy atom. The number of benzene rings is 1. The number of aryl methyl sites for hydroxylation is 1. The summed E-state index contributed by atoms with van der Waals surface area (Å²) in [5.41, 5.74) is 1.81. The van der Waals surface area contributed by atoms with Crippen molar-refractivity contribution in [3.63, 3.8) is 0 Å². The van der Waals surface area contributed by atoms with Crippen molar-refractivity contribution in [1.29, 1.82) is 0 Å². The molecule has 0 bridgehead atoms. The molecule has 0 heterocycles. The number of thiol groups is 1. The summed E-state index contributed by atoms with van der Waals surface area (Å²) in [5, 5.41) is 21.0. The lowest BCUT2D eigenvalue weighted by Gasteiger charge is -2.52. The average Bonchev–Trinajstić information content (AvgIpc) is 2.84. The zero-order chi connectivity index (χ0) is 16.9. The van der Waals surface area contributed by atoms with Gasteiger partial charge in [-0.3, -0.25) is 0 Å². The summed E-state index contributed by atoms with van der Waals surface area (Å²) in [6.07, 6.45) is 6.20. The van der Waals surface area contributed by atoms with Gasteiger partial charge in [0.1, 0.15) is 11.4 Å². The van der Waals surface area contributed by atoms with Crippen LogP contribution in [0.2, 0.25) is 0 Å². The van der Waals surface area contributed by atoms with E-state index in [2.05, 4.69) is 37.5 Å². The summed E-state index contributed by atoms with van der Waals surface area (Å²) in [6.45, 7) is 2.26.